The molecule has 3 heterocycles. The normalized spacial score (nSPS) is 18.2. The molecule has 2 aromatic heterocycles. The summed E-state index contributed by atoms with van der Waals surface area (Å²) in [6.45, 7) is 2.10. The third-order valence-corrected chi connectivity index (χ3v) is 5.84. The molecule has 1 aliphatic heterocycles. The summed E-state index contributed by atoms with van der Waals surface area (Å²) in [6.07, 6.45) is 6.09. The van der Waals surface area contributed by atoms with Crippen LogP contribution >= 0.6 is 11.3 Å². The van der Waals surface area contributed by atoms with E-state index in [2.05, 4.69) is 10.1 Å². The fourth-order valence-electron chi connectivity index (χ4n) is 3.78. The number of carbonyl (C=O) groups excluding carboxylic acids is 1. The first-order valence-corrected chi connectivity index (χ1v) is 9.92. The molecule has 1 saturated heterocycles. The number of likely N-dealkylation sites (tertiary alicyclic amines) is 1. The molecule has 0 bridgehead atoms. The van der Waals surface area contributed by atoms with Gasteiger partial charge in [-0.2, -0.15) is 5.10 Å². The first kappa shape index (κ1) is 16.4. The van der Waals surface area contributed by atoms with E-state index in [9.17, 15) is 9.59 Å². The number of rotatable bonds is 3. The van der Waals surface area contributed by atoms with Crippen LogP contribution in [0.1, 0.15) is 47.4 Å². The fourth-order valence-corrected chi connectivity index (χ4v) is 4.30. The SMILES string of the molecule is O=C(c1cscn1)N1CCC(Cn2nc3c(cc2=O)CCCC3)CC1. The Morgan fingerprint density at radius 1 is 1.24 bits per heavy atom. The Balaban J connectivity index is 1.39. The maximum absolute atomic E-state index is 12.3. The van der Waals surface area contributed by atoms with E-state index < -0.39 is 0 Å². The second-order valence-corrected chi connectivity index (χ2v) is 7.67. The number of aromatic nitrogens is 3. The van der Waals surface area contributed by atoms with Gasteiger partial charge in [-0.3, -0.25) is 9.59 Å². The van der Waals surface area contributed by atoms with Crippen molar-refractivity contribution in [2.75, 3.05) is 13.1 Å². The summed E-state index contributed by atoms with van der Waals surface area (Å²) in [5, 5.41) is 6.41. The van der Waals surface area contributed by atoms with Gasteiger partial charge in [-0.25, -0.2) is 9.67 Å². The lowest BCUT2D eigenvalue weighted by molar-refractivity contribution is 0.0675. The van der Waals surface area contributed by atoms with Crippen molar-refractivity contribution in [2.24, 2.45) is 5.92 Å². The van der Waals surface area contributed by atoms with Crippen molar-refractivity contribution < 1.29 is 4.79 Å². The van der Waals surface area contributed by atoms with Crippen LogP contribution in [-0.2, 0) is 19.4 Å². The molecule has 0 spiro atoms. The Morgan fingerprint density at radius 2 is 2.04 bits per heavy atom. The van der Waals surface area contributed by atoms with Crippen LogP contribution in [0.5, 0.6) is 0 Å². The van der Waals surface area contributed by atoms with Crippen molar-refractivity contribution >= 4 is 17.2 Å². The van der Waals surface area contributed by atoms with Crippen molar-refractivity contribution in [2.45, 2.75) is 45.1 Å². The molecule has 6 nitrogen and oxygen atoms in total. The predicted molar refractivity (Wildman–Crippen MR) is 95.9 cm³/mol. The summed E-state index contributed by atoms with van der Waals surface area (Å²) < 4.78 is 1.65. The first-order valence-electron chi connectivity index (χ1n) is 8.98. The van der Waals surface area contributed by atoms with Crippen LogP contribution in [0.4, 0.5) is 0 Å². The number of nitrogens with zero attached hydrogens (tertiary/aromatic N) is 4. The van der Waals surface area contributed by atoms with E-state index >= 15 is 0 Å². The maximum Gasteiger partial charge on any atom is 0.273 e. The van der Waals surface area contributed by atoms with Gasteiger partial charge in [0.1, 0.15) is 5.69 Å². The Hall–Kier alpha value is -2.02. The molecule has 0 saturated carbocycles. The topological polar surface area (TPSA) is 68.1 Å². The van der Waals surface area contributed by atoms with Crippen LogP contribution in [0.2, 0.25) is 0 Å². The van der Waals surface area contributed by atoms with Crippen molar-refractivity contribution in [3.05, 3.63) is 44.3 Å². The van der Waals surface area contributed by atoms with Gasteiger partial charge in [0.25, 0.3) is 11.5 Å². The van der Waals surface area contributed by atoms with E-state index in [1.165, 1.54) is 11.3 Å². The average Bonchev–Trinajstić information content (AvgIpc) is 3.17. The van der Waals surface area contributed by atoms with Gasteiger partial charge in [-0.1, -0.05) is 0 Å². The van der Waals surface area contributed by atoms with Crippen LogP contribution in [0.15, 0.2) is 21.8 Å². The molecule has 0 atom stereocenters. The van der Waals surface area contributed by atoms with Gasteiger partial charge in [0, 0.05) is 31.1 Å². The van der Waals surface area contributed by atoms with Gasteiger partial charge >= 0.3 is 0 Å². The van der Waals surface area contributed by atoms with Crippen molar-refractivity contribution in [1.82, 2.24) is 19.7 Å². The molecule has 2 aliphatic rings. The van der Waals surface area contributed by atoms with E-state index in [-0.39, 0.29) is 11.5 Å². The summed E-state index contributed by atoms with van der Waals surface area (Å²) in [6, 6.07) is 1.78. The van der Waals surface area contributed by atoms with E-state index in [0.717, 1.165) is 62.9 Å². The van der Waals surface area contributed by atoms with Gasteiger partial charge in [-0.05, 0) is 50.0 Å². The predicted octanol–water partition coefficient (Wildman–Crippen LogP) is 2.13. The lowest BCUT2D eigenvalue weighted by Gasteiger charge is -2.31. The number of piperidine rings is 1. The van der Waals surface area contributed by atoms with Crippen molar-refractivity contribution in [3.63, 3.8) is 0 Å². The van der Waals surface area contributed by atoms with Crippen molar-refractivity contribution in [1.29, 1.82) is 0 Å². The summed E-state index contributed by atoms with van der Waals surface area (Å²) in [5.74, 6) is 0.412. The highest BCUT2D eigenvalue weighted by Crippen LogP contribution is 2.21. The number of hydrogen-bond acceptors (Lipinski definition) is 5. The van der Waals surface area contributed by atoms with E-state index in [0.29, 0.717) is 18.2 Å². The molecular formula is C18H22N4O2S. The first-order chi connectivity index (χ1) is 12.2. The Labute approximate surface area is 150 Å². The van der Waals surface area contributed by atoms with Crippen molar-refractivity contribution in [3.8, 4) is 0 Å². The summed E-state index contributed by atoms with van der Waals surface area (Å²) >= 11 is 1.44. The highest BCUT2D eigenvalue weighted by Gasteiger charge is 2.25. The molecular weight excluding hydrogens is 336 g/mol. The van der Waals surface area contributed by atoms with Gasteiger partial charge in [0.2, 0.25) is 0 Å². The molecule has 1 amide bonds. The second kappa shape index (κ2) is 7.07. The summed E-state index contributed by atoms with van der Waals surface area (Å²) in [5.41, 5.74) is 4.48. The molecule has 1 aliphatic carbocycles. The number of hydrogen-bond donors (Lipinski definition) is 0. The number of fused-ring (bicyclic) bond motifs is 1. The zero-order valence-electron chi connectivity index (χ0n) is 14.2. The molecule has 0 aromatic carbocycles. The average molecular weight is 358 g/mol. The Morgan fingerprint density at radius 3 is 2.80 bits per heavy atom. The van der Waals surface area contributed by atoms with Crippen LogP contribution in [-0.4, -0.2) is 38.7 Å². The van der Waals surface area contributed by atoms with Gasteiger partial charge in [0.15, 0.2) is 0 Å². The standard InChI is InChI=1S/C18H22N4O2S/c23-17-9-14-3-1-2-4-15(14)20-22(17)10-13-5-7-21(8-6-13)18(24)16-11-25-12-19-16/h9,11-13H,1-8,10H2. The quantitative estimate of drug-likeness (QED) is 0.843. The summed E-state index contributed by atoms with van der Waals surface area (Å²) in [4.78, 5) is 30.6. The number of carbonyl (C=O) groups is 1. The minimum atomic E-state index is 0.0154. The smallest absolute Gasteiger partial charge is 0.273 e. The minimum absolute atomic E-state index is 0.0154. The monoisotopic (exact) mass is 358 g/mol. The molecule has 132 valence electrons. The minimum Gasteiger partial charge on any atom is -0.337 e. The van der Waals surface area contributed by atoms with Gasteiger partial charge in [-0.15, -0.1) is 11.3 Å². The largest absolute Gasteiger partial charge is 0.337 e. The van der Waals surface area contributed by atoms with Crippen LogP contribution in [0.3, 0.4) is 0 Å². The van der Waals surface area contributed by atoms with E-state index in [1.807, 2.05) is 4.90 Å². The Bertz CT molecular complexity index is 807. The fraction of sp³-hybridized carbons (Fsp3) is 0.556. The summed E-state index contributed by atoms with van der Waals surface area (Å²) in [7, 11) is 0. The third-order valence-electron chi connectivity index (χ3n) is 5.26. The maximum atomic E-state index is 12.3. The molecule has 1 fully saturated rings. The molecule has 0 N–H and O–H groups in total. The zero-order chi connectivity index (χ0) is 17.2. The second-order valence-electron chi connectivity index (χ2n) is 6.95. The highest BCUT2D eigenvalue weighted by molar-refractivity contribution is 7.07. The lowest BCUT2D eigenvalue weighted by atomic mass is 9.95. The van der Waals surface area contributed by atoms with E-state index in [1.54, 1.807) is 21.6 Å². The molecule has 2 aromatic rings. The Kier molecular flexibility index (Phi) is 4.65. The zero-order valence-corrected chi connectivity index (χ0v) is 15.0. The van der Waals surface area contributed by atoms with Gasteiger partial charge < -0.3 is 4.90 Å². The third kappa shape index (κ3) is 3.51. The van der Waals surface area contributed by atoms with Crippen LogP contribution in [0, 0.1) is 5.92 Å². The molecule has 7 heteroatoms. The number of amides is 1. The van der Waals surface area contributed by atoms with Gasteiger partial charge in [0.05, 0.1) is 11.2 Å². The molecule has 0 radical (unpaired) electrons. The highest BCUT2D eigenvalue weighted by atomic mass is 32.1. The molecule has 0 unspecified atom stereocenters. The molecule has 25 heavy (non-hydrogen) atoms. The van der Waals surface area contributed by atoms with Crippen LogP contribution < -0.4 is 5.56 Å². The number of aryl methyl sites for hydroxylation is 2. The van der Waals surface area contributed by atoms with E-state index in [4.69, 9.17) is 0 Å². The lowest BCUT2D eigenvalue weighted by Crippen LogP contribution is -2.40. The molecule has 4 rings (SSSR count). The number of thiazole rings is 1. The van der Waals surface area contributed by atoms with Crippen LogP contribution in [0.25, 0.3) is 0 Å².